The highest BCUT2D eigenvalue weighted by Crippen LogP contribution is 2.30. The van der Waals surface area contributed by atoms with Gasteiger partial charge in [0.25, 0.3) is 0 Å². The third kappa shape index (κ3) is 5.04. The van der Waals surface area contributed by atoms with Crippen molar-refractivity contribution in [3.05, 3.63) is 66.2 Å². The van der Waals surface area contributed by atoms with Gasteiger partial charge in [0.15, 0.2) is 5.79 Å². The Morgan fingerprint density at radius 2 is 1.84 bits per heavy atom. The fraction of sp³-hybridized carbons (Fsp3) is 0.304. The third-order valence-corrected chi connectivity index (χ3v) is 4.73. The Bertz CT molecular complexity index is 1030. The number of aromatic nitrogens is 2. The van der Waals surface area contributed by atoms with Crippen LogP contribution in [0.25, 0.3) is 5.69 Å². The minimum atomic E-state index is -0.625. The summed E-state index contributed by atoms with van der Waals surface area (Å²) in [6, 6.07) is 18.3. The van der Waals surface area contributed by atoms with E-state index >= 15 is 0 Å². The lowest BCUT2D eigenvalue weighted by atomic mass is 10.3. The second-order valence-electron chi connectivity index (χ2n) is 7.62. The fourth-order valence-electron chi connectivity index (χ4n) is 3.25. The Kier molecular flexibility index (Phi) is 5.92. The van der Waals surface area contributed by atoms with Crippen LogP contribution >= 0.6 is 0 Å². The van der Waals surface area contributed by atoms with Crippen LogP contribution in [0.4, 0.5) is 10.6 Å². The van der Waals surface area contributed by atoms with E-state index < -0.39 is 11.9 Å². The molecule has 1 atom stereocenters. The minimum absolute atomic E-state index is 0.198. The van der Waals surface area contributed by atoms with Crippen LogP contribution in [0.5, 0.6) is 11.6 Å². The number of hydrogen-bond acceptors (Lipinski definition) is 6. The number of nitrogens with zero attached hydrogens (tertiary/aromatic N) is 2. The van der Waals surface area contributed by atoms with Crippen molar-refractivity contribution >= 4 is 11.9 Å². The van der Waals surface area contributed by atoms with Gasteiger partial charge in [-0.15, -0.1) is 5.10 Å². The Labute approximate surface area is 180 Å². The smallest absolute Gasteiger partial charge is 0.418 e. The molecule has 1 saturated heterocycles. The molecule has 3 aromatic rings. The number of para-hydroxylation sites is 2. The van der Waals surface area contributed by atoms with Gasteiger partial charge in [-0.2, -0.15) is 0 Å². The van der Waals surface area contributed by atoms with Gasteiger partial charge in [-0.1, -0.05) is 36.4 Å². The molecule has 0 bridgehead atoms. The molecule has 0 radical (unpaired) electrons. The zero-order chi connectivity index (χ0) is 21.8. The molecule has 1 aliphatic heterocycles. The maximum Gasteiger partial charge on any atom is 0.418 e. The molecule has 4 rings (SSSR count). The summed E-state index contributed by atoms with van der Waals surface area (Å²) < 4.78 is 24.3. The summed E-state index contributed by atoms with van der Waals surface area (Å²) in [6.07, 6.45) is -0.817. The maximum absolute atomic E-state index is 12.5. The van der Waals surface area contributed by atoms with Crippen molar-refractivity contribution in [1.29, 1.82) is 0 Å². The zero-order valence-electron chi connectivity index (χ0n) is 17.7. The van der Waals surface area contributed by atoms with E-state index in [0.29, 0.717) is 29.6 Å². The molecule has 1 unspecified atom stereocenters. The predicted molar refractivity (Wildman–Crippen MR) is 115 cm³/mol. The molecule has 2 aromatic carbocycles. The predicted octanol–water partition coefficient (Wildman–Crippen LogP) is 4.32. The molecular weight excluding hydrogens is 398 g/mol. The molecule has 2 heterocycles. The average Bonchev–Trinajstić information content (AvgIpc) is 3.27. The van der Waals surface area contributed by atoms with E-state index in [0.717, 1.165) is 5.69 Å². The molecular formula is C23H25N3O5. The zero-order valence-corrected chi connectivity index (χ0v) is 17.7. The van der Waals surface area contributed by atoms with E-state index in [1.165, 1.54) is 0 Å². The van der Waals surface area contributed by atoms with Crippen LogP contribution in [0.3, 0.4) is 0 Å². The van der Waals surface area contributed by atoms with E-state index in [1.54, 1.807) is 28.9 Å². The van der Waals surface area contributed by atoms with Crippen LogP contribution in [0.1, 0.15) is 19.4 Å². The van der Waals surface area contributed by atoms with E-state index in [-0.39, 0.29) is 12.7 Å². The highest BCUT2D eigenvalue weighted by Gasteiger charge is 2.33. The quantitative estimate of drug-likeness (QED) is 0.636. The number of rotatable bonds is 6. The first kappa shape index (κ1) is 20.9. The van der Waals surface area contributed by atoms with Gasteiger partial charge < -0.3 is 18.9 Å². The number of hydrogen-bond donors (Lipinski definition) is 1. The van der Waals surface area contributed by atoms with Crippen molar-refractivity contribution in [2.75, 3.05) is 18.5 Å². The van der Waals surface area contributed by atoms with Gasteiger partial charge >= 0.3 is 6.09 Å². The molecule has 1 N–H and O–H groups in total. The SMILES string of the molecule is Cc1c(OCC2COC(C)(C)O2)nn(-c2ccccc2)c1NC(=O)Oc1ccccc1. The fourth-order valence-corrected chi connectivity index (χ4v) is 3.25. The van der Waals surface area contributed by atoms with Gasteiger partial charge in [-0.05, 0) is 45.0 Å². The molecule has 1 aromatic heterocycles. The van der Waals surface area contributed by atoms with Crippen molar-refractivity contribution in [2.45, 2.75) is 32.7 Å². The highest BCUT2D eigenvalue weighted by molar-refractivity contribution is 5.87. The topological polar surface area (TPSA) is 83.8 Å². The van der Waals surface area contributed by atoms with Crippen LogP contribution in [0.2, 0.25) is 0 Å². The van der Waals surface area contributed by atoms with Gasteiger partial charge in [0.1, 0.15) is 24.3 Å². The minimum Gasteiger partial charge on any atom is -0.473 e. The van der Waals surface area contributed by atoms with Crippen molar-refractivity contribution in [2.24, 2.45) is 0 Å². The summed E-state index contributed by atoms with van der Waals surface area (Å²) in [5.41, 5.74) is 1.45. The summed E-state index contributed by atoms with van der Waals surface area (Å²) in [5, 5.41) is 7.36. The molecule has 1 aliphatic rings. The molecule has 1 amide bonds. The summed E-state index contributed by atoms with van der Waals surface area (Å²) in [7, 11) is 0. The first-order valence-corrected chi connectivity index (χ1v) is 10.0. The molecule has 0 saturated carbocycles. The van der Waals surface area contributed by atoms with Gasteiger partial charge in [0, 0.05) is 0 Å². The summed E-state index contributed by atoms with van der Waals surface area (Å²) in [4.78, 5) is 12.5. The highest BCUT2D eigenvalue weighted by atomic mass is 16.7. The van der Waals surface area contributed by atoms with Crippen LogP contribution < -0.4 is 14.8 Å². The molecule has 0 aliphatic carbocycles. The molecule has 162 valence electrons. The number of carbonyl (C=O) groups is 1. The Morgan fingerprint density at radius 3 is 2.48 bits per heavy atom. The van der Waals surface area contributed by atoms with Gasteiger partial charge in [-0.3, -0.25) is 5.32 Å². The van der Waals surface area contributed by atoms with Crippen molar-refractivity contribution < 1.29 is 23.7 Å². The van der Waals surface area contributed by atoms with Gasteiger partial charge in [0.2, 0.25) is 5.88 Å². The number of ether oxygens (including phenoxy) is 4. The van der Waals surface area contributed by atoms with E-state index in [1.807, 2.05) is 57.2 Å². The second-order valence-corrected chi connectivity index (χ2v) is 7.62. The van der Waals surface area contributed by atoms with E-state index in [4.69, 9.17) is 18.9 Å². The van der Waals surface area contributed by atoms with Crippen molar-refractivity contribution in [3.8, 4) is 17.3 Å². The largest absolute Gasteiger partial charge is 0.473 e. The molecule has 0 spiro atoms. The number of anilines is 1. The first-order valence-electron chi connectivity index (χ1n) is 10.0. The molecule has 31 heavy (non-hydrogen) atoms. The van der Waals surface area contributed by atoms with Crippen LogP contribution in [-0.4, -0.2) is 41.0 Å². The third-order valence-electron chi connectivity index (χ3n) is 4.73. The normalized spacial score (nSPS) is 17.3. The Balaban J connectivity index is 1.55. The molecule has 8 heteroatoms. The first-order chi connectivity index (χ1) is 14.9. The van der Waals surface area contributed by atoms with Crippen molar-refractivity contribution in [3.63, 3.8) is 0 Å². The van der Waals surface area contributed by atoms with E-state index in [9.17, 15) is 4.79 Å². The summed E-state index contributed by atoms with van der Waals surface area (Å²) in [6.45, 7) is 6.28. The lowest BCUT2D eigenvalue weighted by molar-refractivity contribution is -0.141. The number of amides is 1. The average molecular weight is 423 g/mol. The van der Waals surface area contributed by atoms with Gasteiger partial charge in [-0.25, -0.2) is 9.48 Å². The summed E-state index contributed by atoms with van der Waals surface area (Å²) in [5.74, 6) is 0.680. The second kappa shape index (κ2) is 8.79. The molecule has 1 fully saturated rings. The lowest BCUT2D eigenvalue weighted by Gasteiger charge is -2.17. The Morgan fingerprint density at radius 1 is 1.16 bits per heavy atom. The molecule has 8 nitrogen and oxygen atoms in total. The van der Waals surface area contributed by atoms with Crippen LogP contribution in [0.15, 0.2) is 60.7 Å². The maximum atomic E-state index is 12.5. The lowest BCUT2D eigenvalue weighted by Crippen LogP contribution is -2.25. The van der Waals surface area contributed by atoms with Crippen LogP contribution in [0, 0.1) is 6.92 Å². The van der Waals surface area contributed by atoms with Crippen LogP contribution in [-0.2, 0) is 9.47 Å². The number of benzene rings is 2. The Hall–Kier alpha value is -3.36. The monoisotopic (exact) mass is 423 g/mol. The standard InChI is InChI=1S/C23H25N3O5/c1-16-20(24-22(27)30-18-12-8-5-9-13-18)26(17-10-6-4-7-11-17)25-21(16)28-14-19-15-29-23(2,3)31-19/h4-13,19H,14-15H2,1-3H3,(H,24,27). The van der Waals surface area contributed by atoms with Crippen molar-refractivity contribution in [1.82, 2.24) is 9.78 Å². The van der Waals surface area contributed by atoms with E-state index in [2.05, 4.69) is 10.4 Å². The summed E-state index contributed by atoms with van der Waals surface area (Å²) >= 11 is 0. The van der Waals surface area contributed by atoms with Gasteiger partial charge in [0.05, 0.1) is 17.9 Å². The number of carbonyl (C=O) groups excluding carboxylic acids is 1. The number of nitrogens with one attached hydrogen (secondary N) is 1.